The number of amides is 2. The Morgan fingerprint density at radius 1 is 1.08 bits per heavy atom. The number of aryl methyl sites for hydroxylation is 2. The van der Waals surface area contributed by atoms with Gasteiger partial charge in [0.15, 0.2) is 0 Å². The molecule has 2 fully saturated rings. The summed E-state index contributed by atoms with van der Waals surface area (Å²) in [6.07, 6.45) is 2.00. The van der Waals surface area contributed by atoms with Crippen LogP contribution < -0.4 is 0 Å². The topological polar surface area (TPSA) is 76.7 Å². The molecule has 7 nitrogen and oxygen atoms in total. The van der Waals surface area contributed by atoms with Crippen LogP contribution in [0.2, 0.25) is 0 Å². The highest BCUT2D eigenvalue weighted by molar-refractivity contribution is 6.43. The zero-order valence-corrected chi connectivity index (χ0v) is 22.4. The van der Waals surface area contributed by atoms with Gasteiger partial charge in [-0.05, 0) is 64.3 Å². The van der Waals surface area contributed by atoms with Gasteiger partial charge in [0.2, 0.25) is 5.78 Å². The van der Waals surface area contributed by atoms with Gasteiger partial charge in [-0.2, -0.15) is 0 Å². The van der Waals surface area contributed by atoms with Gasteiger partial charge in [-0.3, -0.25) is 19.3 Å². The Labute approximate surface area is 218 Å². The number of rotatable bonds is 6. The van der Waals surface area contributed by atoms with Crippen molar-refractivity contribution in [2.45, 2.75) is 58.7 Å². The molecule has 2 aromatic carbocycles. The SMILES string of the molecule is CCN(C)C(=O)C(=O)c1ccc2[nH]c(C)c(C(=O)N3C[C@H](C)N(Cc4ccc(C)cc4)CC34CC4)c2c1. The van der Waals surface area contributed by atoms with E-state index in [-0.39, 0.29) is 17.5 Å². The van der Waals surface area contributed by atoms with Crippen LogP contribution in [0.1, 0.15) is 64.2 Å². The number of fused-ring (bicyclic) bond motifs is 1. The van der Waals surface area contributed by atoms with E-state index in [1.165, 1.54) is 16.0 Å². The fourth-order valence-electron chi connectivity index (χ4n) is 5.52. The molecule has 194 valence electrons. The van der Waals surface area contributed by atoms with E-state index in [0.717, 1.165) is 37.1 Å². The number of piperazine rings is 1. The maximum atomic E-state index is 14.1. The van der Waals surface area contributed by atoms with E-state index in [1.54, 1.807) is 25.2 Å². The summed E-state index contributed by atoms with van der Waals surface area (Å²) in [6, 6.07) is 14.1. The van der Waals surface area contributed by atoms with Crippen molar-refractivity contribution < 1.29 is 14.4 Å². The molecule has 2 aliphatic rings. The number of hydrogen-bond donors (Lipinski definition) is 1. The van der Waals surface area contributed by atoms with Crippen molar-refractivity contribution in [2.24, 2.45) is 0 Å². The Morgan fingerprint density at radius 3 is 2.43 bits per heavy atom. The molecule has 1 aliphatic heterocycles. The fraction of sp³-hybridized carbons (Fsp3) is 0.433. The molecule has 1 saturated carbocycles. The number of benzene rings is 2. The molecule has 5 rings (SSSR count). The number of aromatic nitrogens is 1. The van der Waals surface area contributed by atoms with Crippen LogP contribution in [0.5, 0.6) is 0 Å². The lowest BCUT2D eigenvalue weighted by molar-refractivity contribution is -0.125. The van der Waals surface area contributed by atoms with Gasteiger partial charge in [0.05, 0.1) is 11.1 Å². The average Bonchev–Trinajstić information content (AvgIpc) is 3.58. The average molecular weight is 501 g/mol. The molecule has 1 aromatic heterocycles. The molecule has 3 aromatic rings. The van der Waals surface area contributed by atoms with E-state index in [1.807, 2.05) is 13.8 Å². The number of likely N-dealkylation sites (N-methyl/N-ethyl adjacent to an activating group) is 1. The summed E-state index contributed by atoms with van der Waals surface area (Å²) in [5.74, 6) is -1.09. The van der Waals surface area contributed by atoms with E-state index in [0.29, 0.717) is 29.6 Å². The fourth-order valence-corrected chi connectivity index (χ4v) is 5.52. The normalized spacial score (nSPS) is 18.8. The van der Waals surface area contributed by atoms with Crippen LogP contribution in [0.15, 0.2) is 42.5 Å². The largest absolute Gasteiger partial charge is 0.358 e. The van der Waals surface area contributed by atoms with Crippen LogP contribution in [0.25, 0.3) is 10.9 Å². The van der Waals surface area contributed by atoms with Crippen LogP contribution in [0, 0.1) is 13.8 Å². The predicted molar refractivity (Wildman–Crippen MR) is 145 cm³/mol. The third-order valence-electron chi connectivity index (χ3n) is 8.20. The molecule has 0 radical (unpaired) electrons. The van der Waals surface area contributed by atoms with Crippen LogP contribution in [-0.2, 0) is 11.3 Å². The maximum Gasteiger partial charge on any atom is 0.294 e. The molecule has 7 heteroatoms. The molecule has 1 saturated heterocycles. The number of nitrogens with one attached hydrogen (secondary N) is 1. The molecular weight excluding hydrogens is 464 g/mol. The van der Waals surface area contributed by atoms with E-state index in [9.17, 15) is 14.4 Å². The van der Waals surface area contributed by atoms with Crippen LogP contribution in [0.4, 0.5) is 0 Å². The third-order valence-corrected chi connectivity index (χ3v) is 8.20. The molecule has 1 N–H and O–H groups in total. The Bertz CT molecular complexity index is 1370. The van der Waals surface area contributed by atoms with E-state index >= 15 is 0 Å². The van der Waals surface area contributed by atoms with Gasteiger partial charge in [0.1, 0.15) is 0 Å². The Hall–Kier alpha value is -3.45. The minimum absolute atomic E-state index is 0.00434. The summed E-state index contributed by atoms with van der Waals surface area (Å²) >= 11 is 0. The number of aromatic amines is 1. The second kappa shape index (κ2) is 9.45. The monoisotopic (exact) mass is 500 g/mol. The molecule has 37 heavy (non-hydrogen) atoms. The number of hydrogen-bond acceptors (Lipinski definition) is 4. The van der Waals surface area contributed by atoms with Gasteiger partial charge in [0, 0.05) is 61.4 Å². The smallest absolute Gasteiger partial charge is 0.294 e. The first-order chi connectivity index (χ1) is 17.6. The maximum absolute atomic E-state index is 14.1. The van der Waals surface area contributed by atoms with Crippen molar-refractivity contribution in [3.05, 3.63) is 70.4 Å². The molecule has 1 atom stereocenters. The van der Waals surface area contributed by atoms with Gasteiger partial charge in [0.25, 0.3) is 11.8 Å². The number of nitrogens with zero attached hydrogens (tertiary/aromatic N) is 3. The molecule has 2 amide bonds. The molecule has 1 aliphatic carbocycles. The zero-order valence-electron chi connectivity index (χ0n) is 22.4. The highest BCUT2D eigenvalue weighted by atomic mass is 16.2. The van der Waals surface area contributed by atoms with Crippen molar-refractivity contribution in [2.75, 3.05) is 26.7 Å². The first-order valence-electron chi connectivity index (χ1n) is 13.2. The second-order valence-corrected chi connectivity index (χ2v) is 10.9. The lowest BCUT2D eigenvalue weighted by Gasteiger charge is -2.46. The summed E-state index contributed by atoms with van der Waals surface area (Å²) in [6.45, 7) is 10.9. The van der Waals surface area contributed by atoms with Gasteiger partial charge >= 0.3 is 0 Å². The predicted octanol–water partition coefficient (Wildman–Crippen LogP) is 4.32. The van der Waals surface area contributed by atoms with Crippen LogP contribution in [0.3, 0.4) is 0 Å². The molecule has 0 bridgehead atoms. The van der Waals surface area contributed by atoms with Gasteiger partial charge < -0.3 is 14.8 Å². The summed E-state index contributed by atoms with van der Waals surface area (Å²) in [5, 5.41) is 0.700. The lowest BCUT2D eigenvalue weighted by Crippen LogP contribution is -2.60. The molecule has 0 unspecified atom stereocenters. The number of Topliss-reactive ketones (excluding diaryl/α,β-unsaturated/α-hetero) is 1. The summed E-state index contributed by atoms with van der Waals surface area (Å²) in [4.78, 5) is 48.7. The van der Waals surface area contributed by atoms with Crippen molar-refractivity contribution in [3.8, 4) is 0 Å². The molecule has 2 heterocycles. The highest BCUT2D eigenvalue weighted by Crippen LogP contribution is 2.47. The number of carbonyl (C=O) groups is 3. The van der Waals surface area contributed by atoms with Gasteiger partial charge in [-0.15, -0.1) is 0 Å². The lowest BCUT2D eigenvalue weighted by atomic mass is 10.00. The second-order valence-electron chi connectivity index (χ2n) is 10.9. The van der Waals surface area contributed by atoms with Gasteiger partial charge in [-0.25, -0.2) is 0 Å². The standard InChI is InChI=1S/C30H36N4O3/c1-6-32(5)29(37)27(35)23-11-12-25-24(15-23)26(21(4)31-25)28(36)34-16-20(3)33(18-30(34)13-14-30)17-22-9-7-19(2)8-10-22/h7-12,15,20,31H,6,13-14,16-18H2,1-5H3/t20-/m0/s1. The van der Waals surface area contributed by atoms with Gasteiger partial charge in [-0.1, -0.05) is 29.8 Å². The Kier molecular flexibility index (Phi) is 6.44. The Morgan fingerprint density at radius 2 is 1.78 bits per heavy atom. The van der Waals surface area contributed by atoms with Crippen LogP contribution >= 0.6 is 0 Å². The molecular formula is C30H36N4O3. The Balaban J connectivity index is 1.42. The number of carbonyl (C=O) groups excluding carboxylic acids is 3. The highest BCUT2D eigenvalue weighted by Gasteiger charge is 2.54. The summed E-state index contributed by atoms with van der Waals surface area (Å²) in [7, 11) is 1.61. The quantitative estimate of drug-likeness (QED) is 0.404. The van der Waals surface area contributed by atoms with Crippen molar-refractivity contribution in [3.63, 3.8) is 0 Å². The van der Waals surface area contributed by atoms with Crippen molar-refractivity contribution in [1.29, 1.82) is 0 Å². The van der Waals surface area contributed by atoms with E-state index in [2.05, 4.69) is 52.9 Å². The van der Waals surface area contributed by atoms with Crippen molar-refractivity contribution >= 4 is 28.5 Å². The number of ketones is 1. The third kappa shape index (κ3) is 4.57. The first-order valence-corrected chi connectivity index (χ1v) is 13.2. The summed E-state index contributed by atoms with van der Waals surface area (Å²) < 4.78 is 0. The van der Waals surface area contributed by atoms with Crippen molar-refractivity contribution in [1.82, 2.24) is 19.7 Å². The summed E-state index contributed by atoms with van der Waals surface area (Å²) in [5.41, 5.74) is 4.90. The minimum Gasteiger partial charge on any atom is -0.358 e. The minimum atomic E-state index is -0.555. The van der Waals surface area contributed by atoms with E-state index < -0.39 is 11.7 Å². The first kappa shape index (κ1) is 25.2. The zero-order chi connectivity index (χ0) is 26.5. The molecule has 1 spiro atoms. The van der Waals surface area contributed by atoms with E-state index in [4.69, 9.17) is 0 Å². The van der Waals surface area contributed by atoms with Crippen LogP contribution in [-0.4, -0.2) is 75.5 Å². The number of H-pyrrole nitrogens is 1.